The number of methoxy groups -OCH3 is 1. The lowest BCUT2D eigenvalue weighted by Gasteiger charge is -2.30. The molecule has 2 N–H and O–H groups in total. The first kappa shape index (κ1) is 22.1. The van der Waals surface area contributed by atoms with Gasteiger partial charge in [-0.2, -0.15) is 0 Å². The second-order valence-electron chi connectivity index (χ2n) is 8.76. The quantitative estimate of drug-likeness (QED) is 0.653. The molecule has 0 radical (unpaired) electrons. The molecule has 0 spiro atoms. The fourth-order valence-electron chi connectivity index (χ4n) is 4.94. The number of fused-ring (bicyclic) bond motifs is 1. The van der Waals surface area contributed by atoms with E-state index in [1.807, 2.05) is 0 Å². The highest BCUT2D eigenvalue weighted by molar-refractivity contribution is 6.30. The van der Waals surface area contributed by atoms with Crippen LogP contribution >= 0.6 is 11.6 Å². The average Bonchev–Trinajstić information content (AvgIpc) is 3.41. The van der Waals surface area contributed by atoms with Crippen molar-refractivity contribution in [1.29, 1.82) is 0 Å². The van der Waals surface area contributed by atoms with Gasteiger partial charge in [0.2, 0.25) is 5.91 Å². The lowest BCUT2D eigenvalue weighted by atomic mass is 9.98. The molecule has 5 nitrogen and oxygen atoms in total. The van der Waals surface area contributed by atoms with Crippen LogP contribution in [0.3, 0.4) is 0 Å². The zero-order valence-electron chi connectivity index (χ0n) is 18.0. The first-order valence-electron chi connectivity index (χ1n) is 11.1. The highest BCUT2D eigenvalue weighted by Gasteiger charge is 2.30. The van der Waals surface area contributed by atoms with Crippen molar-refractivity contribution < 1.29 is 14.6 Å². The standard InChI is InChI=1S/C25H31ClN2O3/c1-31-23-9-8-20(26)15-21(23)25(30)22(16-28-10-4-5-11-28)27-24(29)14-17-12-18-6-2-3-7-19(18)13-17/h2-3,6-9,15,17,22,25,30H,4-5,10-14,16H2,1H3,(H,27,29). The molecule has 0 saturated carbocycles. The number of halogens is 1. The van der Waals surface area contributed by atoms with E-state index in [4.69, 9.17) is 16.3 Å². The van der Waals surface area contributed by atoms with E-state index in [-0.39, 0.29) is 5.91 Å². The summed E-state index contributed by atoms with van der Waals surface area (Å²) in [7, 11) is 1.57. The average molecular weight is 443 g/mol. The number of rotatable bonds is 8. The molecule has 2 aromatic carbocycles. The molecule has 166 valence electrons. The van der Waals surface area contributed by atoms with Gasteiger partial charge < -0.3 is 20.1 Å². The van der Waals surface area contributed by atoms with Gasteiger partial charge in [0.25, 0.3) is 0 Å². The van der Waals surface area contributed by atoms with Crippen LogP contribution in [-0.2, 0) is 17.6 Å². The smallest absolute Gasteiger partial charge is 0.220 e. The van der Waals surface area contributed by atoms with E-state index in [9.17, 15) is 9.90 Å². The molecule has 2 aromatic rings. The number of likely N-dealkylation sites (tertiary alicyclic amines) is 1. The Balaban J connectivity index is 1.46. The molecule has 2 unspecified atom stereocenters. The van der Waals surface area contributed by atoms with E-state index in [1.165, 1.54) is 11.1 Å². The molecular weight excluding hydrogens is 412 g/mol. The van der Waals surface area contributed by atoms with Crippen molar-refractivity contribution in [3.8, 4) is 5.75 Å². The van der Waals surface area contributed by atoms with Crippen LogP contribution in [0.2, 0.25) is 5.02 Å². The van der Waals surface area contributed by atoms with E-state index in [0.717, 1.165) is 38.8 Å². The van der Waals surface area contributed by atoms with Crippen molar-refractivity contribution in [3.05, 3.63) is 64.2 Å². The van der Waals surface area contributed by atoms with Gasteiger partial charge in [-0.25, -0.2) is 0 Å². The summed E-state index contributed by atoms with van der Waals surface area (Å²) < 4.78 is 5.45. The Morgan fingerprint density at radius 2 is 1.87 bits per heavy atom. The summed E-state index contributed by atoms with van der Waals surface area (Å²) >= 11 is 6.19. The predicted molar refractivity (Wildman–Crippen MR) is 123 cm³/mol. The number of aliphatic hydroxyl groups is 1. The molecule has 2 atom stereocenters. The van der Waals surface area contributed by atoms with E-state index in [0.29, 0.717) is 35.2 Å². The predicted octanol–water partition coefficient (Wildman–Crippen LogP) is 3.77. The van der Waals surface area contributed by atoms with Gasteiger partial charge >= 0.3 is 0 Å². The molecule has 1 aliphatic heterocycles. The summed E-state index contributed by atoms with van der Waals surface area (Å²) in [4.78, 5) is 15.3. The molecule has 0 aromatic heterocycles. The molecule has 6 heteroatoms. The first-order valence-corrected chi connectivity index (χ1v) is 11.5. The van der Waals surface area contributed by atoms with Crippen molar-refractivity contribution in [3.63, 3.8) is 0 Å². The van der Waals surface area contributed by atoms with Crippen LogP contribution in [0.25, 0.3) is 0 Å². The third kappa shape index (κ3) is 5.40. The third-order valence-electron chi connectivity index (χ3n) is 6.50. The molecule has 2 aliphatic rings. The molecule has 1 fully saturated rings. The van der Waals surface area contributed by atoms with E-state index < -0.39 is 12.1 Å². The lowest BCUT2D eigenvalue weighted by Crippen LogP contribution is -2.47. The van der Waals surface area contributed by atoms with Crippen molar-refractivity contribution >= 4 is 17.5 Å². The maximum absolute atomic E-state index is 13.0. The van der Waals surface area contributed by atoms with E-state index in [2.05, 4.69) is 34.5 Å². The molecule has 4 rings (SSSR count). The number of nitrogens with zero attached hydrogens (tertiary/aromatic N) is 1. The second kappa shape index (κ2) is 10.0. The van der Waals surface area contributed by atoms with E-state index in [1.54, 1.807) is 25.3 Å². The summed E-state index contributed by atoms with van der Waals surface area (Å²) in [6, 6.07) is 13.2. The molecule has 0 bridgehead atoms. The minimum Gasteiger partial charge on any atom is -0.496 e. The first-order chi connectivity index (χ1) is 15.0. The largest absolute Gasteiger partial charge is 0.496 e. The van der Waals surface area contributed by atoms with Crippen molar-refractivity contribution in [1.82, 2.24) is 10.2 Å². The molecule has 1 heterocycles. The van der Waals surface area contributed by atoms with Gasteiger partial charge in [-0.05, 0) is 74.0 Å². The highest BCUT2D eigenvalue weighted by atomic mass is 35.5. The summed E-state index contributed by atoms with van der Waals surface area (Å²) in [5, 5.41) is 14.9. The lowest BCUT2D eigenvalue weighted by molar-refractivity contribution is -0.123. The molecule has 31 heavy (non-hydrogen) atoms. The normalized spacial score (nSPS) is 18.5. The maximum Gasteiger partial charge on any atom is 0.220 e. The topological polar surface area (TPSA) is 61.8 Å². The zero-order chi connectivity index (χ0) is 21.8. The van der Waals surface area contributed by atoms with Gasteiger partial charge in [-0.1, -0.05) is 35.9 Å². The summed E-state index contributed by atoms with van der Waals surface area (Å²) in [5.41, 5.74) is 3.29. The summed E-state index contributed by atoms with van der Waals surface area (Å²) in [5.74, 6) is 0.869. The number of benzene rings is 2. The van der Waals surface area contributed by atoms with Gasteiger partial charge in [0.15, 0.2) is 0 Å². The number of carbonyl (C=O) groups excluding carboxylic acids is 1. The number of hydrogen-bond acceptors (Lipinski definition) is 4. The van der Waals surface area contributed by atoms with Crippen molar-refractivity contribution in [2.75, 3.05) is 26.7 Å². The molecule has 1 saturated heterocycles. The minimum atomic E-state index is -0.904. The SMILES string of the molecule is COc1ccc(Cl)cc1C(O)C(CN1CCCC1)NC(=O)CC1Cc2ccccc2C1. The second-order valence-corrected chi connectivity index (χ2v) is 9.20. The van der Waals surface area contributed by atoms with Crippen LogP contribution in [0, 0.1) is 5.92 Å². The number of hydrogen-bond donors (Lipinski definition) is 2. The van der Waals surface area contributed by atoms with E-state index >= 15 is 0 Å². The van der Waals surface area contributed by atoms with Gasteiger partial charge in [0, 0.05) is 23.6 Å². The Kier molecular flexibility index (Phi) is 7.16. The number of ether oxygens (including phenoxy) is 1. The van der Waals surface area contributed by atoms with Gasteiger partial charge in [-0.15, -0.1) is 0 Å². The Morgan fingerprint density at radius 3 is 2.52 bits per heavy atom. The summed E-state index contributed by atoms with van der Waals surface area (Å²) in [6.07, 6.45) is 3.73. The van der Waals surface area contributed by atoms with Gasteiger partial charge in [0.1, 0.15) is 11.9 Å². The van der Waals surface area contributed by atoms with Gasteiger partial charge in [0.05, 0.1) is 13.2 Å². The Hall–Kier alpha value is -2.08. The fourth-order valence-corrected chi connectivity index (χ4v) is 5.12. The monoisotopic (exact) mass is 442 g/mol. The van der Waals surface area contributed by atoms with Gasteiger partial charge in [-0.3, -0.25) is 4.79 Å². The number of carbonyl (C=O) groups is 1. The number of aliphatic hydroxyl groups excluding tert-OH is 1. The van der Waals surface area contributed by atoms with Crippen LogP contribution in [-0.4, -0.2) is 48.7 Å². The Bertz CT molecular complexity index is 888. The Morgan fingerprint density at radius 1 is 1.19 bits per heavy atom. The Labute approximate surface area is 189 Å². The van der Waals surface area contributed by atoms with Crippen LogP contribution < -0.4 is 10.1 Å². The zero-order valence-corrected chi connectivity index (χ0v) is 18.8. The number of amides is 1. The van der Waals surface area contributed by atoms with Crippen molar-refractivity contribution in [2.24, 2.45) is 5.92 Å². The maximum atomic E-state index is 13.0. The molecular formula is C25H31ClN2O3. The fraction of sp³-hybridized carbons (Fsp3) is 0.480. The van der Waals surface area contributed by atoms with Crippen LogP contribution in [0.4, 0.5) is 0 Å². The van der Waals surface area contributed by atoms with Crippen LogP contribution in [0.5, 0.6) is 5.75 Å². The third-order valence-corrected chi connectivity index (χ3v) is 6.74. The summed E-state index contributed by atoms with van der Waals surface area (Å²) in [6.45, 7) is 2.58. The molecule has 1 amide bonds. The highest BCUT2D eigenvalue weighted by Crippen LogP contribution is 2.32. The molecule has 1 aliphatic carbocycles. The number of nitrogens with one attached hydrogen (secondary N) is 1. The van der Waals surface area contributed by atoms with Crippen molar-refractivity contribution in [2.45, 2.75) is 44.2 Å². The van der Waals surface area contributed by atoms with Crippen LogP contribution in [0.15, 0.2) is 42.5 Å². The minimum absolute atomic E-state index is 0.0120. The van der Waals surface area contributed by atoms with Crippen LogP contribution in [0.1, 0.15) is 42.1 Å².